The predicted molar refractivity (Wildman–Crippen MR) is 101 cm³/mol. The summed E-state index contributed by atoms with van der Waals surface area (Å²) < 4.78 is 32.9. The summed E-state index contributed by atoms with van der Waals surface area (Å²) >= 11 is 1.23. The maximum atomic E-state index is 12.3. The fraction of sp³-hybridized carbons (Fsp3) is 0.176. The van der Waals surface area contributed by atoms with Crippen LogP contribution in [0, 0.1) is 6.92 Å². The highest BCUT2D eigenvalue weighted by atomic mass is 32.2. The van der Waals surface area contributed by atoms with E-state index in [-0.39, 0.29) is 4.90 Å². The van der Waals surface area contributed by atoms with Crippen molar-refractivity contribution in [2.45, 2.75) is 18.7 Å². The van der Waals surface area contributed by atoms with Crippen molar-refractivity contribution in [2.24, 2.45) is 0 Å². The summed E-state index contributed by atoms with van der Waals surface area (Å²) in [4.78, 5) is 16.4. The molecule has 26 heavy (non-hydrogen) atoms. The van der Waals surface area contributed by atoms with Crippen LogP contribution < -0.4 is 14.8 Å². The molecule has 0 aliphatic rings. The number of thiazole rings is 1. The van der Waals surface area contributed by atoms with Gasteiger partial charge in [0.25, 0.3) is 10.0 Å². The Kier molecular flexibility index (Phi) is 5.10. The van der Waals surface area contributed by atoms with E-state index in [1.807, 2.05) is 17.7 Å². The number of rotatable bonds is 5. The van der Waals surface area contributed by atoms with Crippen molar-refractivity contribution in [3.8, 4) is 5.75 Å². The lowest BCUT2D eigenvalue weighted by Gasteiger charge is -2.08. The molecule has 9 heteroatoms. The van der Waals surface area contributed by atoms with E-state index in [2.05, 4.69) is 10.3 Å². The first-order chi connectivity index (χ1) is 12.4. The molecule has 136 valence electrons. The zero-order valence-electron chi connectivity index (χ0n) is 14.1. The molecule has 0 aliphatic carbocycles. The molecule has 0 radical (unpaired) electrons. The molecule has 1 heterocycles. The van der Waals surface area contributed by atoms with Crippen LogP contribution in [0.15, 0.2) is 47.4 Å². The third-order valence-electron chi connectivity index (χ3n) is 3.50. The summed E-state index contributed by atoms with van der Waals surface area (Å²) in [5.74, 6) is 0.710. The third kappa shape index (κ3) is 3.94. The Labute approximate surface area is 155 Å². The average molecular weight is 391 g/mol. The number of nitrogens with zero attached hydrogens (tertiary/aromatic N) is 1. The summed E-state index contributed by atoms with van der Waals surface area (Å²) in [6, 6.07) is 11.0. The Bertz CT molecular complexity index is 1060. The van der Waals surface area contributed by atoms with Gasteiger partial charge in [0.05, 0.1) is 21.7 Å². The summed E-state index contributed by atoms with van der Waals surface area (Å²) in [7, 11) is -3.96. The van der Waals surface area contributed by atoms with Gasteiger partial charge in [0, 0.05) is 0 Å². The lowest BCUT2D eigenvalue weighted by molar-refractivity contribution is 0.256. The minimum absolute atomic E-state index is 0.0563. The van der Waals surface area contributed by atoms with Crippen molar-refractivity contribution >= 4 is 42.7 Å². The molecule has 2 aromatic carbocycles. The number of carbonyl (C=O) groups is 1. The van der Waals surface area contributed by atoms with Crippen molar-refractivity contribution in [1.29, 1.82) is 0 Å². The molecule has 0 saturated carbocycles. The van der Waals surface area contributed by atoms with E-state index >= 15 is 0 Å². The summed E-state index contributed by atoms with van der Waals surface area (Å²) in [6.07, 6.45) is 0. The van der Waals surface area contributed by atoms with Crippen molar-refractivity contribution in [3.05, 3.63) is 48.0 Å². The van der Waals surface area contributed by atoms with Gasteiger partial charge in [-0.1, -0.05) is 29.5 Å². The number of sulfonamides is 1. The zero-order valence-corrected chi connectivity index (χ0v) is 15.8. The first-order valence-electron chi connectivity index (χ1n) is 7.82. The van der Waals surface area contributed by atoms with E-state index in [1.165, 1.54) is 17.4 Å². The number of nitrogens with one attached hydrogen (secondary N) is 2. The van der Waals surface area contributed by atoms with E-state index in [0.717, 1.165) is 4.70 Å². The van der Waals surface area contributed by atoms with Crippen molar-refractivity contribution in [1.82, 2.24) is 9.71 Å². The Balaban J connectivity index is 1.75. The van der Waals surface area contributed by atoms with Crippen LogP contribution in [0.3, 0.4) is 0 Å². The van der Waals surface area contributed by atoms with Gasteiger partial charge in [-0.3, -0.25) is 5.32 Å². The third-order valence-corrected chi connectivity index (χ3v) is 5.93. The minimum Gasteiger partial charge on any atom is -0.494 e. The zero-order chi connectivity index (χ0) is 18.7. The topological polar surface area (TPSA) is 97.4 Å². The van der Waals surface area contributed by atoms with E-state index in [9.17, 15) is 13.2 Å². The second-order valence-electron chi connectivity index (χ2n) is 5.41. The van der Waals surface area contributed by atoms with E-state index < -0.39 is 16.1 Å². The van der Waals surface area contributed by atoms with Gasteiger partial charge in [-0.05, 0) is 43.7 Å². The first kappa shape index (κ1) is 18.2. The smallest absolute Gasteiger partial charge is 0.334 e. The normalized spacial score (nSPS) is 11.3. The largest absolute Gasteiger partial charge is 0.494 e. The standard InChI is InChI=1S/C17H17N3O4S2/c1-3-24-12-8-9-13-14(10-12)25-17(18-13)19-16(21)20-26(22,23)15-7-5-4-6-11(15)2/h4-10H,3H2,1-2H3,(H2,18,19,20,21). The predicted octanol–water partition coefficient (Wildman–Crippen LogP) is 3.51. The van der Waals surface area contributed by atoms with Crippen LogP contribution in [0.4, 0.5) is 9.93 Å². The number of aryl methyl sites for hydroxylation is 1. The van der Waals surface area contributed by atoms with Gasteiger partial charge in [0.2, 0.25) is 0 Å². The molecule has 1 aromatic heterocycles. The molecule has 0 aliphatic heterocycles. The van der Waals surface area contributed by atoms with Gasteiger partial charge >= 0.3 is 6.03 Å². The SMILES string of the molecule is CCOc1ccc2nc(NC(=O)NS(=O)(=O)c3ccccc3C)sc2c1. The van der Waals surface area contributed by atoms with Crippen LogP contribution in [0.2, 0.25) is 0 Å². The number of carbonyl (C=O) groups excluding carboxylic acids is 1. The molecule has 0 saturated heterocycles. The van der Waals surface area contributed by atoms with E-state index in [4.69, 9.17) is 4.74 Å². The van der Waals surface area contributed by atoms with E-state index in [1.54, 1.807) is 37.3 Å². The fourth-order valence-electron chi connectivity index (χ4n) is 2.37. The Morgan fingerprint density at radius 3 is 2.73 bits per heavy atom. The highest BCUT2D eigenvalue weighted by molar-refractivity contribution is 7.90. The number of hydrogen-bond donors (Lipinski definition) is 2. The molecule has 0 fully saturated rings. The number of amides is 2. The number of anilines is 1. The quantitative estimate of drug-likeness (QED) is 0.694. The van der Waals surface area contributed by atoms with Gasteiger partial charge in [0.1, 0.15) is 5.75 Å². The monoisotopic (exact) mass is 391 g/mol. The van der Waals surface area contributed by atoms with Crippen LogP contribution in [0.1, 0.15) is 12.5 Å². The lowest BCUT2D eigenvalue weighted by atomic mass is 10.2. The van der Waals surface area contributed by atoms with Crippen LogP contribution in [-0.2, 0) is 10.0 Å². The second kappa shape index (κ2) is 7.30. The number of benzene rings is 2. The number of urea groups is 1. The second-order valence-corrected chi connectivity index (χ2v) is 8.09. The van der Waals surface area contributed by atoms with Crippen LogP contribution >= 0.6 is 11.3 Å². The molecule has 0 spiro atoms. The average Bonchev–Trinajstić information content (AvgIpc) is 2.96. The molecule has 0 unspecified atom stereocenters. The van der Waals surface area contributed by atoms with Crippen molar-refractivity contribution < 1.29 is 17.9 Å². The highest BCUT2D eigenvalue weighted by Crippen LogP contribution is 2.29. The molecular formula is C17H17N3O4S2. The number of fused-ring (bicyclic) bond motifs is 1. The Morgan fingerprint density at radius 1 is 1.23 bits per heavy atom. The van der Waals surface area contributed by atoms with Crippen LogP contribution in [0.5, 0.6) is 5.75 Å². The summed E-state index contributed by atoms with van der Waals surface area (Å²) in [5, 5.41) is 2.76. The summed E-state index contributed by atoms with van der Waals surface area (Å²) in [6.45, 7) is 4.10. The number of aromatic nitrogens is 1. The van der Waals surface area contributed by atoms with Gasteiger partial charge < -0.3 is 4.74 Å². The molecular weight excluding hydrogens is 374 g/mol. The molecule has 7 nitrogen and oxygen atoms in total. The Hall–Kier alpha value is -2.65. The van der Waals surface area contributed by atoms with Crippen molar-refractivity contribution in [2.75, 3.05) is 11.9 Å². The van der Waals surface area contributed by atoms with Crippen molar-refractivity contribution in [3.63, 3.8) is 0 Å². The molecule has 2 N–H and O–H groups in total. The summed E-state index contributed by atoms with van der Waals surface area (Å²) in [5.41, 5.74) is 1.24. The number of ether oxygens (including phenoxy) is 1. The first-order valence-corrected chi connectivity index (χ1v) is 10.1. The minimum atomic E-state index is -3.96. The highest BCUT2D eigenvalue weighted by Gasteiger charge is 2.20. The maximum Gasteiger partial charge on any atom is 0.334 e. The fourth-order valence-corrected chi connectivity index (χ4v) is 4.42. The molecule has 3 rings (SSSR count). The van der Waals surface area contributed by atoms with Gasteiger partial charge in [-0.2, -0.15) is 0 Å². The molecule has 2 amide bonds. The van der Waals surface area contributed by atoms with Crippen LogP contribution in [0.25, 0.3) is 10.2 Å². The maximum absolute atomic E-state index is 12.3. The molecule has 0 atom stereocenters. The lowest BCUT2D eigenvalue weighted by Crippen LogP contribution is -2.34. The number of hydrogen-bond acceptors (Lipinski definition) is 6. The van der Waals surface area contributed by atoms with Gasteiger partial charge in [-0.15, -0.1) is 0 Å². The van der Waals surface area contributed by atoms with E-state index in [0.29, 0.717) is 28.6 Å². The molecule has 3 aromatic rings. The molecule has 0 bridgehead atoms. The Morgan fingerprint density at radius 2 is 2.00 bits per heavy atom. The van der Waals surface area contributed by atoms with Crippen LogP contribution in [-0.4, -0.2) is 26.0 Å². The van der Waals surface area contributed by atoms with Gasteiger partial charge in [0.15, 0.2) is 5.13 Å². The van der Waals surface area contributed by atoms with Gasteiger partial charge in [-0.25, -0.2) is 22.9 Å².